The molecule has 1 unspecified atom stereocenters. The van der Waals surface area contributed by atoms with Crippen LogP contribution in [0.2, 0.25) is 0 Å². The summed E-state index contributed by atoms with van der Waals surface area (Å²) in [7, 11) is 0. The van der Waals surface area contributed by atoms with Gasteiger partial charge in [-0.15, -0.1) is 16.7 Å². The summed E-state index contributed by atoms with van der Waals surface area (Å²) in [5.74, 6) is -0.301. The zero-order valence-corrected chi connectivity index (χ0v) is 16.0. The summed E-state index contributed by atoms with van der Waals surface area (Å²) in [5.41, 5.74) is 3.64. The normalized spacial score (nSPS) is 20.6. The van der Waals surface area contributed by atoms with Crippen LogP contribution in [0.1, 0.15) is 18.2 Å². The van der Waals surface area contributed by atoms with Crippen molar-refractivity contribution in [2.45, 2.75) is 18.7 Å². The third kappa shape index (κ3) is 3.39. The highest BCUT2D eigenvalue weighted by Crippen LogP contribution is 2.36. The van der Waals surface area contributed by atoms with E-state index in [1.54, 1.807) is 18.2 Å². The van der Waals surface area contributed by atoms with Gasteiger partial charge in [0.2, 0.25) is 0 Å². The number of halogens is 4. The third-order valence-electron chi connectivity index (χ3n) is 3.68. The summed E-state index contributed by atoms with van der Waals surface area (Å²) >= 11 is 16.2. The summed E-state index contributed by atoms with van der Waals surface area (Å²) in [6.07, 6.45) is 1.77. The second-order valence-electron chi connectivity index (χ2n) is 5.77. The fourth-order valence-corrected chi connectivity index (χ4v) is 3.66. The average molecular weight is 429 g/mol. The Morgan fingerprint density at radius 3 is 2.46 bits per heavy atom. The Hall–Kier alpha value is -1.30. The molecule has 0 saturated heterocycles. The first-order chi connectivity index (χ1) is 11.3. The van der Waals surface area contributed by atoms with E-state index in [0.29, 0.717) is 27.6 Å². The van der Waals surface area contributed by atoms with Gasteiger partial charge in [-0.2, -0.15) is 5.10 Å². The maximum atomic E-state index is 13.3. The Morgan fingerprint density at radius 2 is 1.83 bits per heavy atom. The van der Waals surface area contributed by atoms with Gasteiger partial charge >= 0.3 is 0 Å². The second-order valence-corrected chi connectivity index (χ2v) is 7.79. The molecule has 3 rings (SSSR count). The molecule has 1 aliphatic heterocycles. The topological polar surface area (TPSA) is 38.1 Å². The molecule has 24 heavy (non-hydrogen) atoms. The van der Waals surface area contributed by atoms with Crippen molar-refractivity contribution >= 4 is 44.8 Å². The summed E-state index contributed by atoms with van der Waals surface area (Å²) in [6.45, 7) is 4.09. The van der Waals surface area contributed by atoms with E-state index >= 15 is 0 Å². The van der Waals surface area contributed by atoms with Crippen molar-refractivity contribution in [1.82, 2.24) is 10.2 Å². The summed E-state index contributed by atoms with van der Waals surface area (Å²) in [6, 6.07) is 6.20. The fourth-order valence-electron chi connectivity index (χ4n) is 2.57. The zero-order valence-electron chi connectivity index (χ0n) is 12.9. The van der Waals surface area contributed by atoms with Crippen LogP contribution in [0.25, 0.3) is 11.1 Å². The number of hydrogen-bond acceptors (Lipinski definition) is 3. The lowest BCUT2D eigenvalue weighted by molar-refractivity contribution is 0.628. The standard InChI is InChI=1S/C17H13BrCl2FN3/c1-9-13(10-3-5-11(21)6-4-10)14(16(18)24-23-9)15-12(19)7-17(2,20)8-22-15/h3-7H,8H2,1-2H3. The van der Waals surface area contributed by atoms with E-state index < -0.39 is 4.87 Å². The lowest BCUT2D eigenvalue weighted by atomic mass is 9.94. The van der Waals surface area contributed by atoms with Crippen molar-refractivity contribution in [3.63, 3.8) is 0 Å². The number of alkyl halides is 1. The molecular weight excluding hydrogens is 416 g/mol. The van der Waals surface area contributed by atoms with Gasteiger partial charge in [0.05, 0.1) is 27.9 Å². The van der Waals surface area contributed by atoms with Crippen molar-refractivity contribution in [2.24, 2.45) is 4.99 Å². The van der Waals surface area contributed by atoms with Gasteiger partial charge in [0.15, 0.2) is 0 Å². The van der Waals surface area contributed by atoms with Gasteiger partial charge in [0, 0.05) is 11.1 Å². The van der Waals surface area contributed by atoms with E-state index in [4.69, 9.17) is 23.2 Å². The Bertz CT molecular complexity index is 861. The predicted octanol–water partition coefficient (Wildman–Crippen LogP) is 5.28. The Balaban J connectivity index is 2.22. The molecule has 0 aliphatic carbocycles. The number of hydrogen-bond donors (Lipinski definition) is 0. The minimum absolute atomic E-state index is 0.301. The van der Waals surface area contributed by atoms with Gasteiger partial charge in [0.1, 0.15) is 10.4 Å². The molecule has 7 heteroatoms. The highest BCUT2D eigenvalue weighted by atomic mass is 79.9. The van der Waals surface area contributed by atoms with Crippen molar-refractivity contribution in [3.05, 3.63) is 57.1 Å². The van der Waals surface area contributed by atoms with Gasteiger partial charge in [0.25, 0.3) is 0 Å². The number of allylic oxidation sites excluding steroid dienone is 1. The molecule has 1 atom stereocenters. The van der Waals surface area contributed by atoms with Gasteiger partial charge < -0.3 is 0 Å². The van der Waals surface area contributed by atoms with Gasteiger partial charge in [-0.25, -0.2) is 4.39 Å². The predicted molar refractivity (Wildman–Crippen MR) is 99.5 cm³/mol. The largest absolute Gasteiger partial charge is 0.281 e. The highest BCUT2D eigenvalue weighted by Gasteiger charge is 2.28. The van der Waals surface area contributed by atoms with E-state index in [1.807, 2.05) is 13.8 Å². The van der Waals surface area contributed by atoms with Crippen LogP contribution in [0.3, 0.4) is 0 Å². The molecule has 2 heterocycles. The smallest absolute Gasteiger partial charge is 0.138 e. The van der Waals surface area contributed by atoms with Crippen LogP contribution in [-0.4, -0.2) is 27.3 Å². The Morgan fingerprint density at radius 1 is 1.17 bits per heavy atom. The number of nitrogens with zero attached hydrogens (tertiary/aromatic N) is 3. The SMILES string of the molecule is Cc1nnc(Br)c(C2=NCC(C)(Cl)C=C2Cl)c1-c1ccc(F)cc1. The number of aliphatic imine (C=N–C) groups is 1. The molecule has 0 fully saturated rings. The minimum atomic E-state index is -0.612. The first-order valence-electron chi connectivity index (χ1n) is 7.20. The molecule has 3 nitrogen and oxygen atoms in total. The van der Waals surface area contributed by atoms with Crippen molar-refractivity contribution in [1.29, 1.82) is 0 Å². The monoisotopic (exact) mass is 427 g/mol. The van der Waals surface area contributed by atoms with E-state index in [2.05, 4.69) is 31.1 Å². The minimum Gasteiger partial charge on any atom is -0.281 e. The molecule has 1 aromatic carbocycles. The third-order valence-corrected chi connectivity index (χ3v) is 4.75. The average Bonchev–Trinajstić information content (AvgIpc) is 2.50. The second kappa shape index (κ2) is 6.54. The van der Waals surface area contributed by atoms with E-state index in [9.17, 15) is 4.39 Å². The molecule has 0 saturated carbocycles. The fraction of sp³-hybridized carbons (Fsp3) is 0.235. The van der Waals surface area contributed by atoms with E-state index in [0.717, 1.165) is 16.7 Å². The molecule has 124 valence electrons. The van der Waals surface area contributed by atoms with Crippen LogP contribution in [0.5, 0.6) is 0 Å². The van der Waals surface area contributed by atoms with Gasteiger partial charge in [-0.1, -0.05) is 23.7 Å². The van der Waals surface area contributed by atoms with Crippen LogP contribution in [0, 0.1) is 12.7 Å². The molecule has 2 aromatic rings. The number of rotatable bonds is 2. The quantitative estimate of drug-likeness (QED) is 0.610. The molecule has 0 amide bonds. The molecule has 1 aliphatic rings. The first kappa shape index (κ1) is 17.5. The van der Waals surface area contributed by atoms with Crippen LogP contribution in [0.4, 0.5) is 4.39 Å². The summed E-state index contributed by atoms with van der Waals surface area (Å²) < 4.78 is 13.8. The molecule has 0 radical (unpaired) electrons. The Kier molecular flexibility index (Phi) is 4.78. The van der Waals surface area contributed by atoms with Crippen molar-refractivity contribution in [2.75, 3.05) is 6.54 Å². The van der Waals surface area contributed by atoms with Crippen LogP contribution >= 0.6 is 39.1 Å². The highest BCUT2D eigenvalue weighted by molar-refractivity contribution is 9.10. The lowest BCUT2D eigenvalue weighted by Crippen LogP contribution is -2.25. The maximum Gasteiger partial charge on any atom is 0.138 e. The number of dihydropyridines is 1. The molecule has 0 spiro atoms. The zero-order chi connectivity index (χ0) is 17.5. The molecule has 0 N–H and O–H groups in total. The summed E-state index contributed by atoms with van der Waals surface area (Å²) in [5, 5.41) is 8.73. The molecular formula is C17H13BrCl2FN3. The molecule has 1 aromatic heterocycles. The summed E-state index contributed by atoms with van der Waals surface area (Å²) in [4.78, 5) is 3.94. The maximum absolute atomic E-state index is 13.3. The van der Waals surface area contributed by atoms with Gasteiger partial charge in [-0.05, 0) is 53.5 Å². The van der Waals surface area contributed by atoms with Crippen LogP contribution in [0.15, 0.2) is 45.0 Å². The van der Waals surface area contributed by atoms with Crippen LogP contribution < -0.4 is 0 Å². The Labute approximate surface area is 157 Å². The van der Waals surface area contributed by atoms with E-state index in [-0.39, 0.29) is 5.82 Å². The van der Waals surface area contributed by atoms with Crippen LogP contribution in [-0.2, 0) is 0 Å². The first-order valence-corrected chi connectivity index (χ1v) is 8.74. The van der Waals surface area contributed by atoms with E-state index in [1.165, 1.54) is 12.1 Å². The van der Waals surface area contributed by atoms with Crippen molar-refractivity contribution < 1.29 is 4.39 Å². The number of aryl methyl sites for hydroxylation is 1. The molecule has 0 bridgehead atoms. The van der Waals surface area contributed by atoms with Crippen molar-refractivity contribution in [3.8, 4) is 11.1 Å². The van der Waals surface area contributed by atoms with Gasteiger partial charge in [-0.3, -0.25) is 4.99 Å². The lowest BCUT2D eigenvalue weighted by Gasteiger charge is -2.23. The number of benzene rings is 1. The number of aromatic nitrogens is 2.